The largest absolute Gasteiger partial charge is 0.364 e. The van der Waals surface area contributed by atoms with Crippen molar-refractivity contribution < 1.29 is 4.79 Å². The van der Waals surface area contributed by atoms with Gasteiger partial charge >= 0.3 is 0 Å². The van der Waals surface area contributed by atoms with Crippen LogP contribution in [0.2, 0.25) is 0 Å². The topological polar surface area (TPSA) is 32.3 Å². The molecule has 2 aromatic carbocycles. The molecular weight excluding hydrogens is 224 g/mol. The number of hydrogen-bond acceptors (Lipinski definition) is 2. The Kier molecular flexibility index (Phi) is 2.52. The second-order valence-corrected chi connectivity index (χ2v) is 4.38. The van der Waals surface area contributed by atoms with E-state index in [0.717, 1.165) is 16.9 Å². The van der Waals surface area contributed by atoms with Crippen LogP contribution >= 0.6 is 0 Å². The van der Waals surface area contributed by atoms with Crippen molar-refractivity contribution in [3.8, 4) is 0 Å². The van der Waals surface area contributed by atoms with E-state index in [4.69, 9.17) is 0 Å². The van der Waals surface area contributed by atoms with Gasteiger partial charge in [-0.1, -0.05) is 30.3 Å². The lowest BCUT2D eigenvalue weighted by atomic mass is 10.1. The number of benzene rings is 2. The Hall–Kier alpha value is -2.29. The summed E-state index contributed by atoms with van der Waals surface area (Å²) in [7, 11) is 0. The molecule has 1 amide bonds. The zero-order chi connectivity index (χ0) is 12.5. The summed E-state index contributed by atoms with van der Waals surface area (Å²) in [4.78, 5) is 14.3. The first-order chi connectivity index (χ1) is 8.77. The molecule has 3 heteroatoms. The van der Waals surface area contributed by atoms with Gasteiger partial charge in [-0.25, -0.2) is 0 Å². The SMILES string of the molecule is C[C@@H]1Nc2ccccc2C(=O)N1c1ccccc1. The zero-order valence-electron chi connectivity index (χ0n) is 10.1. The van der Waals surface area contributed by atoms with Crippen molar-refractivity contribution in [1.29, 1.82) is 0 Å². The number of hydrogen-bond donors (Lipinski definition) is 1. The zero-order valence-corrected chi connectivity index (χ0v) is 10.1. The molecule has 0 fully saturated rings. The van der Waals surface area contributed by atoms with Gasteiger partial charge in [0.05, 0.1) is 5.56 Å². The molecule has 1 heterocycles. The van der Waals surface area contributed by atoms with Crippen molar-refractivity contribution >= 4 is 17.3 Å². The number of carbonyl (C=O) groups excluding carboxylic acids is 1. The van der Waals surface area contributed by atoms with E-state index >= 15 is 0 Å². The summed E-state index contributed by atoms with van der Waals surface area (Å²) >= 11 is 0. The fourth-order valence-electron chi connectivity index (χ4n) is 2.32. The van der Waals surface area contributed by atoms with Crippen LogP contribution in [0.25, 0.3) is 0 Å². The van der Waals surface area contributed by atoms with Crippen LogP contribution in [0.5, 0.6) is 0 Å². The van der Waals surface area contributed by atoms with Crippen molar-refractivity contribution in [3.05, 3.63) is 60.2 Å². The van der Waals surface area contributed by atoms with Crippen LogP contribution in [0.15, 0.2) is 54.6 Å². The smallest absolute Gasteiger partial charge is 0.262 e. The molecule has 3 rings (SSSR count). The molecule has 0 aromatic heterocycles. The molecule has 1 atom stereocenters. The van der Waals surface area contributed by atoms with E-state index in [2.05, 4.69) is 5.32 Å². The monoisotopic (exact) mass is 238 g/mol. The number of carbonyl (C=O) groups is 1. The standard InChI is InChI=1S/C15H14N2O/c1-11-16-14-10-6-5-9-13(14)15(18)17(11)12-7-3-2-4-8-12/h2-11,16H,1H3/t11-/m1/s1. The third-order valence-electron chi connectivity index (χ3n) is 3.16. The lowest BCUT2D eigenvalue weighted by molar-refractivity contribution is 0.0977. The van der Waals surface area contributed by atoms with Gasteiger partial charge in [-0.3, -0.25) is 9.69 Å². The maximum absolute atomic E-state index is 12.5. The van der Waals surface area contributed by atoms with E-state index < -0.39 is 0 Å². The first kappa shape index (κ1) is 10.8. The Bertz CT molecular complexity index is 580. The van der Waals surface area contributed by atoms with Gasteiger partial charge in [0, 0.05) is 11.4 Å². The summed E-state index contributed by atoms with van der Waals surface area (Å²) in [6.45, 7) is 1.99. The van der Waals surface area contributed by atoms with Crippen molar-refractivity contribution in [2.24, 2.45) is 0 Å². The van der Waals surface area contributed by atoms with Crippen molar-refractivity contribution in [2.45, 2.75) is 13.1 Å². The van der Waals surface area contributed by atoms with Gasteiger partial charge in [-0.15, -0.1) is 0 Å². The van der Waals surface area contributed by atoms with Gasteiger partial charge in [0.2, 0.25) is 0 Å². The highest BCUT2D eigenvalue weighted by Crippen LogP contribution is 2.28. The molecule has 1 aliphatic heterocycles. The maximum atomic E-state index is 12.5. The quantitative estimate of drug-likeness (QED) is 0.828. The van der Waals surface area contributed by atoms with Gasteiger partial charge in [0.15, 0.2) is 0 Å². The molecule has 2 aromatic rings. The Balaban J connectivity index is 2.06. The van der Waals surface area contributed by atoms with E-state index in [1.807, 2.05) is 61.5 Å². The second kappa shape index (κ2) is 4.18. The van der Waals surface area contributed by atoms with Gasteiger partial charge in [-0.2, -0.15) is 0 Å². The molecule has 90 valence electrons. The Morgan fingerprint density at radius 3 is 2.44 bits per heavy atom. The van der Waals surface area contributed by atoms with Crippen LogP contribution in [0.4, 0.5) is 11.4 Å². The minimum atomic E-state index is -0.0465. The molecule has 3 nitrogen and oxygen atoms in total. The molecule has 0 saturated carbocycles. The lowest BCUT2D eigenvalue weighted by Crippen LogP contribution is -2.47. The predicted molar refractivity (Wildman–Crippen MR) is 72.8 cm³/mol. The third kappa shape index (κ3) is 1.64. The van der Waals surface area contributed by atoms with Crippen molar-refractivity contribution in [2.75, 3.05) is 10.2 Å². The molecule has 0 aliphatic carbocycles. The van der Waals surface area contributed by atoms with E-state index in [0.29, 0.717) is 0 Å². The lowest BCUT2D eigenvalue weighted by Gasteiger charge is -2.35. The average molecular weight is 238 g/mol. The van der Waals surface area contributed by atoms with E-state index in [-0.39, 0.29) is 12.1 Å². The van der Waals surface area contributed by atoms with E-state index in [1.165, 1.54) is 0 Å². The Morgan fingerprint density at radius 1 is 1.00 bits per heavy atom. The van der Waals surface area contributed by atoms with Crippen LogP contribution < -0.4 is 10.2 Å². The van der Waals surface area contributed by atoms with E-state index in [9.17, 15) is 4.79 Å². The molecule has 1 N–H and O–H groups in total. The summed E-state index contributed by atoms with van der Waals surface area (Å²) in [6.07, 6.45) is -0.0465. The Labute approximate surface area is 106 Å². The van der Waals surface area contributed by atoms with Crippen LogP contribution in [-0.4, -0.2) is 12.1 Å². The van der Waals surface area contributed by atoms with Crippen LogP contribution in [0.3, 0.4) is 0 Å². The fourth-order valence-corrected chi connectivity index (χ4v) is 2.32. The molecule has 0 bridgehead atoms. The van der Waals surface area contributed by atoms with Gasteiger partial charge in [0.1, 0.15) is 6.17 Å². The number of nitrogens with one attached hydrogen (secondary N) is 1. The van der Waals surface area contributed by atoms with Gasteiger partial charge in [0.25, 0.3) is 5.91 Å². The first-order valence-corrected chi connectivity index (χ1v) is 6.01. The minimum absolute atomic E-state index is 0.0445. The van der Waals surface area contributed by atoms with E-state index in [1.54, 1.807) is 4.90 Å². The highest BCUT2D eigenvalue weighted by molar-refractivity contribution is 6.11. The molecule has 0 saturated heterocycles. The number of para-hydroxylation sites is 2. The summed E-state index contributed by atoms with van der Waals surface area (Å²) < 4.78 is 0. The highest BCUT2D eigenvalue weighted by Gasteiger charge is 2.29. The number of fused-ring (bicyclic) bond motifs is 1. The maximum Gasteiger partial charge on any atom is 0.262 e. The number of nitrogens with zero attached hydrogens (tertiary/aromatic N) is 1. The number of amides is 1. The summed E-state index contributed by atoms with van der Waals surface area (Å²) in [5.74, 6) is 0.0445. The second-order valence-electron chi connectivity index (χ2n) is 4.38. The summed E-state index contributed by atoms with van der Waals surface area (Å²) in [6, 6.07) is 17.3. The fraction of sp³-hybridized carbons (Fsp3) is 0.133. The van der Waals surface area contributed by atoms with Crippen LogP contribution in [0, 0.1) is 0 Å². The average Bonchev–Trinajstić information content (AvgIpc) is 2.40. The van der Waals surface area contributed by atoms with Crippen molar-refractivity contribution in [1.82, 2.24) is 0 Å². The third-order valence-corrected chi connectivity index (χ3v) is 3.16. The first-order valence-electron chi connectivity index (χ1n) is 6.01. The van der Waals surface area contributed by atoms with Crippen molar-refractivity contribution in [3.63, 3.8) is 0 Å². The van der Waals surface area contributed by atoms with Gasteiger partial charge < -0.3 is 5.32 Å². The molecule has 18 heavy (non-hydrogen) atoms. The molecule has 0 unspecified atom stereocenters. The highest BCUT2D eigenvalue weighted by atomic mass is 16.2. The predicted octanol–water partition coefficient (Wildman–Crippen LogP) is 3.10. The molecular formula is C15H14N2O. The number of anilines is 2. The molecule has 1 aliphatic rings. The summed E-state index contributed by atoms with van der Waals surface area (Å²) in [5, 5.41) is 3.34. The van der Waals surface area contributed by atoms with Crippen LogP contribution in [-0.2, 0) is 0 Å². The number of rotatable bonds is 1. The Morgan fingerprint density at radius 2 is 1.67 bits per heavy atom. The van der Waals surface area contributed by atoms with Crippen LogP contribution in [0.1, 0.15) is 17.3 Å². The molecule has 0 spiro atoms. The summed E-state index contributed by atoms with van der Waals surface area (Å²) in [5.41, 5.74) is 2.54. The van der Waals surface area contributed by atoms with Gasteiger partial charge in [-0.05, 0) is 31.2 Å². The molecule has 0 radical (unpaired) electrons. The normalized spacial score (nSPS) is 18.2. The minimum Gasteiger partial charge on any atom is -0.364 e.